The molecule has 0 unspecified atom stereocenters. The number of hydrogen-bond acceptors (Lipinski definition) is 4. The van der Waals surface area contributed by atoms with Crippen molar-refractivity contribution in [2.45, 2.75) is 6.42 Å². The standard InChI is InChI=1S/C11H11N5O/c12-10-9(13-15-14-10)11(17)16-6-5-7-3-1-2-4-8(7)16/h1-4H,5-6H2,(H3,12,13,14,15). The Morgan fingerprint density at radius 1 is 1.35 bits per heavy atom. The molecule has 3 N–H and O–H groups in total. The van der Waals surface area contributed by atoms with E-state index in [0.717, 1.165) is 12.1 Å². The van der Waals surface area contributed by atoms with Crippen LogP contribution in [0.4, 0.5) is 11.5 Å². The number of carbonyl (C=O) groups excluding carboxylic acids is 1. The number of nitrogens with zero attached hydrogens (tertiary/aromatic N) is 3. The number of fused-ring (bicyclic) bond motifs is 1. The van der Waals surface area contributed by atoms with Gasteiger partial charge in [-0.05, 0) is 18.1 Å². The quantitative estimate of drug-likeness (QED) is 0.749. The SMILES string of the molecule is Nc1n[nH]nc1C(=O)N1CCc2ccccc21. The molecule has 1 aliphatic rings. The van der Waals surface area contributed by atoms with Gasteiger partial charge in [0.2, 0.25) is 0 Å². The Bertz CT molecular complexity index is 577. The van der Waals surface area contributed by atoms with Gasteiger partial charge in [0.1, 0.15) is 0 Å². The minimum Gasteiger partial charge on any atom is -0.380 e. The molecule has 1 amide bonds. The first-order valence-electron chi connectivity index (χ1n) is 5.33. The Morgan fingerprint density at radius 2 is 2.18 bits per heavy atom. The molecular formula is C11H11N5O. The summed E-state index contributed by atoms with van der Waals surface area (Å²) in [5, 5.41) is 9.79. The van der Waals surface area contributed by atoms with Crippen LogP contribution >= 0.6 is 0 Å². The van der Waals surface area contributed by atoms with E-state index in [-0.39, 0.29) is 17.4 Å². The zero-order valence-electron chi connectivity index (χ0n) is 9.05. The van der Waals surface area contributed by atoms with Crippen LogP contribution in [0.1, 0.15) is 16.1 Å². The number of anilines is 2. The molecule has 3 rings (SSSR count). The van der Waals surface area contributed by atoms with Crippen molar-refractivity contribution in [3.05, 3.63) is 35.5 Å². The first kappa shape index (κ1) is 9.83. The second-order valence-electron chi connectivity index (χ2n) is 3.89. The van der Waals surface area contributed by atoms with Crippen molar-refractivity contribution in [3.63, 3.8) is 0 Å². The molecule has 6 heteroatoms. The van der Waals surface area contributed by atoms with Crippen LogP contribution < -0.4 is 10.6 Å². The van der Waals surface area contributed by atoms with E-state index in [0.29, 0.717) is 6.54 Å². The molecule has 0 saturated heterocycles. The van der Waals surface area contributed by atoms with Crippen LogP contribution in [0, 0.1) is 0 Å². The van der Waals surface area contributed by atoms with E-state index in [4.69, 9.17) is 5.73 Å². The molecule has 0 aliphatic carbocycles. The predicted molar refractivity (Wildman–Crippen MR) is 62.6 cm³/mol. The third kappa shape index (κ3) is 1.45. The number of amides is 1. The van der Waals surface area contributed by atoms with Crippen LogP contribution in [0.5, 0.6) is 0 Å². The number of carbonyl (C=O) groups is 1. The number of nitrogens with one attached hydrogen (secondary N) is 1. The van der Waals surface area contributed by atoms with Gasteiger partial charge >= 0.3 is 0 Å². The highest BCUT2D eigenvalue weighted by molar-refractivity contribution is 6.08. The van der Waals surface area contributed by atoms with Gasteiger partial charge in [0.25, 0.3) is 5.91 Å². The summed E-state index contributed by atoms with van der Waals surface area (Å²) in [5.41, 5.74) is 7.86. The van der Waals surface area contributed by atoms with Crippen molar-refractivity contribution in [3.8, 4) is 0 Å². The summed E-state index contributed by atoms with van der Waals surface area (Å²) in [4.78, 5) is 13.9. The first-order valence-corrected chi connectivity index (χ1v) is 5.33. The lowest BCUT2D eigenvalue weighted by atomic mass is 10.2. The maximum absolute atomic E-state index is 12.2. The molecule has 17 heavy (non-hydrogen) atoms. The van der Waals surface area contributed by atoms with Crippen LogP contribution in [0.2, 0.25) is 0 Å². The van der Waals surface area contributed by atoms with Gasteiger partial charge < -0.3 is 10.6 Å². The third-order valence-electron chi connectivity index (χ3n) is 2.91. The number of nitrogens with two attached hydrogens (primary N) is 1. The minimum absolute atomic E-state index is 0.138. The van der Waals surface area contributed by atoms with E-state index in [1.54, 1.807) is 4.90 Å². The fraction of sp³-hybridized carbons (Fsp3) is 0.182. The van der Waals surface area contributed by atoms with Crippen molar-refractivity contribution in [2.75, 3.05) is 17.2 Å². The first-order chi connectivity index (χ1) is 8.27. The summed E-state index contributed by atoms with van der Waals surface area (Å²) in [7, 11) is 0. The number of aromatic amines is 1. The van der Waals surface area contributed by atoms with Crippen molar-refractivity contribution in [2.24, 2.45) is 0 Å². The number of H-pyrrole nitrogens is 1. The zero-order valence-corrected chi connectivity index (χ0v) is 9.05. The normalized spacial score (nSPS) is 13.8. The molecular weight excluding hydrogens is 218 g/mol. The van der Waals surface area contributed by atoms with Crippen LogP contribution in [0.15, 0.2) is 24.3 Å². The fourth-order valence-corrected chi connectivity index (χ4v) is 2.07. The van der Waals surface area contributed by atoms with Gasteiger partial charge in [-0.2, -0.15) is 5.21 Å². The van der Waals surface area contributed by atoms with E-state index < -0.39 is 0 Å². The molecule has 0 radical (unpaired) electrons. The summed E-state index contributed by atoms with van der Waals surface area (Å²) in [6.45, 7) is 0.657. The molecule has 0 spiro atoms. The fourth-order valence-electron chi connectivity index (χ4n) is 2.07. The molecule has 0 atom stereocenters. The predicted octanol–water partition coefficient (Wildman–Crippen LogP) is 0.590. The van der Waals surface area contributed by atoms with Crippen LogP contribution in [0.25, 0.3) is 0 Å². The number of rotatable bonds is 1. The Kier molecular flexibility index (Phi) is 2.07. The third-order valence-corrected chi connectivity index (χ3v) is 2.91. The summed E-state index contributed by atoms with van der Waals surface area (Å²) in [6, 6.07) is 7.83. The van der Waals surface area contributed by atoms with Gasteiger partial charge in [-0.15, -0.1) is 10.2 Å². The molecule has 86 valence electrons. The largest absolute Gasteiger partial charge is 0.380 e. The van der Waals surface area contributed by atoms with Gasteiger partial charge in [0, 0.05) is 12.2 Å². The number of aromatic nitrogens is 3. The molecule has 0 bridgehead atoms. The van der Waals surface area contributed by atoms with Gasteiger partial charge in [-0.1, -0.05) is 18.2 Å². The lowest BCUT2D eigenvalue weighted by Gasteiger charge is -2.15. The second kappa shape index (κ2) is 3.58. The van der Waals surface area contributed by atoms with Gasteiger partial charge in [0.15, 0.2) is 11.5 Å². The molecule has 2 aromatic rings. The van der Waals surface area contributed by atoms with Crippen molar-refractivity contribution >= 4 is 17.4 Å². The van der Waals surface area contributed by atoms with Crippen molar-refractivity contribution in [1.82, 2.24) is 15.4 Å². The van der Waals surface area contributed by atoms with E-state index in [2.05, 4.69) is 15.4 Å². The highest BCUT2D eigenvalue weighted by Gasteiger charge is 2.28. The highest BCUT2D eigenvalue weighted by atomic mass is 16.2. The topological polar surface area (TPSA) is 87.9 Å². The Balaban J connectivity index is 1.98. The molecule has 6 nitrogen and oxygen atoms in total. The van der Waals surface area contributed by atoms with E-state index in [9.17, 15) is 4.79 Å². The van der Waals surface area contributed by atoms with Crippen LogP contribution in [0.3, 0.4) is 0 Å². The molecule has 0 saturated carbocycles. The monoisotopic (exact) mass is 229 g/mol. The number of para-hydroxylation sites is 1. The van der Waals surface area contributed by atoms with Gasteiger partial charge in [-0.25, -0.2) is 0 Å². The van der Waals surface area contributed by atoms with Crippen molar-refractivity contribution in [1.29, 1.82) is 0 Å². The highest BCUT2D eigenvalue weighted by Crippen LogP contribution is 2.28. The minimum atomic E-state index is -0.207. The lowest BCUT2D eigenvalue weighted by molar-refractivity contribution is 0.0985. The average molecular weight is 229 g/mol. The molecule has 1 aromatic heterocycles. The molecule has 1 aromatic carbocycles. The Morgan fingerprint density at radius 3 is 2.94 bits per heavy atom. The zero-order chi connectivity index (χ0) is 11.8. The van der Waals surface area contributed by atoms with Gasteiger partial charge in [-0.3, -0.25) is 4.79 Å². The van der Waals surface area contributed by atoms with E-state index in [1.807, 2.05) is 24.3 Å². The molecule has 2 heterocycles. The van der Waals surface area contributed by atoms with Gasteiger partial charge in [0.05, 0.1) is 0 Å². The number of benzene rings is 1. The maximum atomic E-state index is 12.2. The van der Waals surface area contributed by atoms with Crippen LogP contribution in [-0.2, 0) is 6.42 Å². The molecule has 0 fully saturated rings. The summed E-state index contributed by atoms with van der Waals surface area (Å²) < 4.78 is 0. The van der Waals surface area contributed by atoms with Crippen molar-refractivity contribution < 1.29 is 4.79 Å². The summed E-state index contributed by atoms with van der Waals surface area (Å²) in [5.74, 6) is -0.0689. The average Bonchev–Trinajstić information content (AvgIpc) is 2.94. The number of nitrogen functional groups attached to an aromatic ring is 1. The summed E-state index contributed by atoms with van der Waals surface area (Å²) >= 11 is 0. The second-order valence-corrected chi connectivity index (χ2v) is 3.89. The Hall–Kier alpha value is -2.37. The lowest BCUT2D eigenvalue weighted by Crippen LogP contribution is -2.29. The maximum Gasteiger partial charge on any atom is 0.282 e. The van der Waals surface area contributed by atoms with E-state index >= 15 is 0 Å². The van der Waals surface area contributed by atoms with E-state index in [1.165, 1.54) is 5.56 Å². The summed E-state index contributed by atoms with van der Waals surface area (Å²) in [6.07, 6.45) is 0.861. The molecule has 1 aliphatic heterocycles. The number of hydrogen-bond donors (Lipinski definition) is 2. The Labute approximate surface area is 97.4 Å². The van der Waals surface area contributed by atoms with Crippen LogP contribution in [-0.4, -0.2) is 27.9 Å². The smallest absolute Gasteiger partial charge is 0.282 e.